The van der Waals surface area contributed by atoms with Crippen LogP contribution < -0.4 is 5.32 Å². The van der Waals surface area contributed by atoms with Gasteiger partial charge in [-0.25, -0.2) is 0 Å². The summed E-state index contributed by atoms with van der Waals surface area (Å²) in [4.78, 5) is 11.7. The highest BCUT2D eigenvalue weighted by atomic mass is 79.9. The van der Waals surface area contributed by atoms with Crippen LogP contribution in [-0.4, -0.2) is 22.1 Å². The Morgan fingerprint density at radius 3 is 2.47 bits per heavy atom. The van der Waals surface area contributed by atoms with Gasteiger partial charge < -0.3 is 9.73 Å². The average Bonchev–Trinajstić information content (AvgIpc) is 2.65. The van der Waals surface area contributed by atoms with Crippen LogP contribution in [0.2, 0.25) is 0 Å². The molecule has 0 radical (unpaired) electrons. The molecule has 3 nitrogen and oxygen atoms in total. The number of carbonyl (C=O) groups excluding carboxylic acids is 1. The summed E-state index contributed by atoms with van der Waals surface area (Å²) >= 11 is 9.86. The molecular weight excluding hydrogens is 394 g/mol. The Kier molecular flexibility index (Phi) is 4.86. The minimum atomic E-state index is -0.323. The van der Waals surface area contributed by atoms with Crippen molar-refractivity contribution in [3.63, 3.8) is 0 Å². The predicted molar refractivity (Wildman–Crippen MR) is 69.9 cm³/mol. The van der Waals surface area contributed by atoms with E-state index in [1.165, 1.54) is 0 Å². The van der Waals surface area contributed by atoms with Gasteiger partial charge in [0.15, 0.2) is 10.4 Å². The summed E-state index contributed by atoms with van der Waals surface area (Å²) in [5.74, 6) is 0.0806. The molecule has 0 saturated heterocycles. The predicted octanol–water partition coefficient (Wildman–Crippen LogP) is 3.32. The Balaban J connectivity index is 2.71. The van der Waals surface area contributed by atoms with Crippen LogP contribution >= 0.6 is 47.8 Å². The molecule has 1 amide bonds. The third kappa shape index (κ3) is 3.60. The zero-order valence-electron chi connectivity index (χ0n) is 8.02. The van der Waals surface area contributed by atoms with E-state index < -0.39 is 0 Å². The van der Waals surface area contributed by atoms with Gasteiger partial charge in [-0.05, 0) is 35.0 Å². The first-order valence-electron chi connectivity index (χ1n) is 4.20. The molecule has 0 aliphatic carbocycles. The van der Waals surface area contributed by atoms with Crippen molar-refractivity contribution in [1.29, 1.82) is 0 Å². The maximum Gasteiger partial charge on any atom is 0.287 e. The summed E-state index contributed by atoms with van der Waals surface area (Å²) in [6.07, 6.45) is 0. The van der Waals surface area contributed by atoms with Crippen molar-refractivity contribution in [1.82, 2.24) is 5.32 Å². The number of hydrogen-bond donors (Lipinski definition) is 1. The molecule has 84 valence electrons. The SMILES string of the molecule is CC(CBr)(CBr)NC(=O)c1ccc(Br)o1. The standard InChI is InChI=1S/C9H10Br3NO2/c1-9(4-10,5-11)13-8(14)6-2-3-7(12)15-6/h2-3H,4-5H2,1H3,(H,13,14). The molecule has 0 aliphatic heterocycles. The number of hydrogen-bond acceptors (Lipinski definition) is 2. The highest BCUT2D eigenvalue weighted by Crippen LogP contribution is 2.16. The molecule has 1 rings (SSSR count). The van der Waals surface area contributed by atoms with Crippen LogP contribution in [-0.2, 0) is 0 Å². The molecule has 1 aromatic rings. The van der Waals surface area contributed by atoms with Gasteiger partial charge in [-0.15, -0.1) is 0 Å². The molecule has 0 atom stereocenters. The lowest BCUT2D eigenvalue weighted by molar-refractivity contribution is 0.0893. The number of carbonyl (C=O) groups is 1. The Bertz CT molecular complexity index is 347. The van der Waals surface area contributed by atoms with Crippen molar-refractivity contribution in [3.8, 4) is 0 Å². The van der Waals surface area contributed by atoms with Gasteiger partial charge in [0.25, 0.3) is 5.91 Å². The Labute approximate surface area is 113 Å². The number of rotatable bonds is 4. The molecule has 0 spiro atoms. The van der Waals surface area contributed by atoms with E-state index in [2.05, 4.69) is 53.1 Å². The number of alkyl halides is 2. The first-order valence-corrected chi connectivity index (χ1v) is 7.24. The second-order valence-electron chi connectivity index (χ2n) is 3.39. The fraction of sp³-hybridized carbons (Fsp3) is 0.444. The largest absolute Gasteiger partial charge is 0.444 e. The van der Waals surface area contributed by atoms with Crippen LogP contribution in [0.5, 0.6) is 0 Å². The first kappa shape index (κ1) is 13.3. The minimum absolute atomic E-state index is 0.220. The smallest absolute Gasteiger partial charge is 0.287 e. The second-order valence-corrected chi connectivity index (χ2v) is 5.29. The molecule has 0 bridgehead atoms. The maximum atomic E-state index is 11.7. The van der Waals surface area contributed by atoms with E-state index in [9.17, 15) is 4.79 Å². The third-order valence-corrected chi connectivity index (χ3v) is 4.70. The van der Waals surface area contributed by atoms with Crippen LogP contribution in [0.25, 0.3) is 0 Å². The Morgan fingerprint density at radius 1 is 1.47 bits per heavy atom. The zero-order chi connectivity index (χ0) is 11.5. The molecule has 1 heterocycles. The summed E-state index contributed by atoms with van der Waals surface area (Å²) in [7, 11) is 0. The van der Waals surface area contributed by atoms with Crippen molar-refractivity contribution in [2.75, 3.05) is 10.7 Å². The van der Waals surface area contributed by atoms with Gasteiger partial charge in [0, 0.05) is 10.7 Å². The Morgan fingerprint density at radius 2 is 2.07 bits per heavy atom. The van der Waals surface area contributed by atoms with Crippen LogP contribution in [0.1, 0.15) is 17.5 Å². The van der Waals surface area contributed by atoms with Crippen LogP contribution in [0.3, 0.4) is 0 Å². The van der Waals surface area contributed by atoms with Gasteiger partial charge in [0.2, 0.25) is 0 Å². The molecule has 0 aliphatic rings. The summed E-state index contributed by atoms with van der Waals surface area (Å²) in [5, 5.41) is 4.21. The van der Waals surface area contributed by atoms with E-state index in [-0.39, 0.29) is 11.4 Å². The normalized spacial score (nSPS) is 11.5. The summed E-state index contributed by atoms with van der Waals surface area (Å²) in [6, 6.07) is 3.32. The molecular formula is C9H10Br3NO2. The first-order chi connectivity index (χ1) is 7.00. The summed E-state index contributed by atoms with van der Waals surface area (Å²) in [6.45, 7) is 1.94. The molecule has 0 fully saturated rings. The average molecular weight is 404 g/mol. The second kappa shape index (κ2) is 5.50. The lowest BCUT2D eigenvalue weighted by Crippen LogP contribution is -2.48. The molecule has 0 aromatic carbocycles. The fourth-order valence-corrected chi connectivity index (χ4v) is 2.39. The molecule has 0 unspecified atom stereocenters. The van der Waals surface area contributed by atoms with Crippen molar-refractivity contribution >= 4 is 53.7 Å². The molecule has 6 heteroatoms. The van der Waals surface area contributed by atoms with Crippen molar-refractivity contribution in [3.05, 3.63) is 22.6 Å². The van der Waals surface area contributed by atoms with Gasteiger partial charge in [-0.2, -0.15) is 0 Å². The van der Waals surface area contributed by atoms with Gasteiger partial charge in [0.1, 0.15) is 0 Å². The molecule has 1 N–H and O–H groups in total. The fourth-order valence-electron chi connectivity index (χ4n) is 0.875. The van der Waals surface area contributed by atoms with E-state index in [1.807, 2.05) is 6.92 Å². The summed E-state index contributed by atoms with van der Waals surface area (Å²) < 4.78 is 5.70. The number of amides is 1. The van der Waals surface area contributed by atoms with E-state index >= 15 is 0 Å². The molecule has 15 heavy (non-hydrogen) atoms. The molecule has 0 saturated carbocycles. The van der Waals surface area contributed by atoms with Crippen molar-refractivity contribution < 1.29 is 9.21 Å². The lowest BCUT2D eigenvalue weighted by Gasteiger charge is -2.25. The number of nitrogens with one attached hydrogen (secondary N) is 1. The molecule has 1 aromatic heterocycles. The quantitative estimate of drug-likeness (QED) is 0.783. The van der Waals surface area contributed by atoms with Crippen molar-refractivity contribution in [2.45, 2.75) is 12.5 Å². The van der Waals surface area contributed by atoms with Gasteiger partial charge in [-0.3, -0.25) is 4.79 Å². The zero-order valence-corrected chi connectivity index (χ0v) is 12.8. The van der Waals surface area contributed by atoms with Crippen LogP contribution in [0.15, 0.2) is 21.2 Å². The van der Waals surface area contributed by atoms with Crippen LogP contribution in [0.4, 0.5) is 0 Å². The highest BCUT2D eigenvalue weighted by molar-refractivity contribution is 9.10. The van der Waals surface area contributed by atoms with Crippen LogP contribution in [0, 0.1) is 0 Å². The lowest BCUT2D eigenvalue weighted by atomic mass is 10.1. The van der Waals surface area contributed by atoms with E-state index in [0.717, 1.165) is 0 Å². The minimum Gasteiger partial charge on any atom is -0.444 e. The van der Waals surface area contributed by atoms with E-state index in [0.29, 0.717) is 21.1 Å². The summed E-state index contributed by atoms with van der Waals surface area (Å²) in [5.41, 5.74) is -0.323. The van der Waals surface area contributed by atoms with Gasteiger partial charge in [0.05, 0.1) is 5.54 Å². The van der Waals surface area contributed by atoms with Gasteiger partial charge in [-0.1, -0.05) is 31.9 Å². The monoisotopic (exact) mass is 401 g/mol. The number of furan rings is 1. The maximum absolute atomic E-state index is 11.7. The third-order valence-electron chi connectivity index (χ3n) is 1.80. The number of halogens is 3. The van der Waals surface area contributed by atoms with Gasteiger partial charge >= 0.3 is 0 Å². The Hall–Kier alpha value is 0.190. The topological polar surface area (TPSA) is 42.2 Å². The highest BCUT2D eigenvalue weighted by Gasteiger charge is 2.25. The van der Waals surface area contributed by atoms with E-state index in [4.69, 9.17) is 4.42 Å². The van der Waals surface area contributed by atoms with E-state index in [1.54, 1.807) is 12.1 Å². The van der Waals surface area contributed by atoms with Crippen molar-refractivity contribution in [2.24, 2.45) is 0 Å².